The van der Waals surface area contributed by atoms with Gasteiger partial charge in [0.15, 0.2) is 0 Å². The quantitative estimate of drug-likeness (QED) is 0.658. The van der Waals surface area contributed by atoms with Gasteiger partial charge in [-0.05, 0) is 17.2 Å². The first-order chi connectivity index (χ1) is 8.95. The maximum atomic E-state index is 11.7. The highest BCUT2D eigenvalue weighted by atomic mass is 16.2. The number of hydrogen-bond donors (Lipinski definition) is 1. The Morgan fingerprint density at radius 3 is 2.89 bits per heavy atom. The first-order valence-corrected chi connectivity index (χ1v) is 6.43. The van der Waals surface area contributed by atoms with Crippen molar-refractivity contribution in [3.05, 3.63) is 29.3 Å². The van der Waals surface area contributed by atoms with Crippen LogP contribution in [0, 0.1) is 11.3 Å². The van der Waals surface area contributed by atoms with E-state index < -0.39 is 0 Å². The van der Waals surface area contributed by atoms with Crippen LogP contribution in [0.3, 0.4) is 0 Å². The SMILES string of the molecule is CN1C(=O)Cc2cc(C(C)(C)CNCC#N)ccc21. The Morgan fingerprint density at radius 1 is 1.47 bits per heavy atom. The van der Waals surface area contributed by atoms with Crippen LogP contribution in [0.2, 0.25) is 0 Å². The van der Waals surface area contributed by atoms with Gasteiger partial charge < -0.3 is 10.2 Å². The fourth-order valence-corrected chi connectivity index (χ4v) is 2.42. The molecule has 1 aliphatic rings. The van der Waals surface area contributed by atoms with Gasteiger partial charge in [-0.3, -0.25) is 4.79 Å². The molecule has 4 nitrogen and oxygen atoms in total. The predicted molar refractivity (Wildman–Crippen MR) is 75.1 cm³/mol. The Hall–Kier alpha value is -1.86. The van der Waals surface area contributed by atoms with E-state index in [9.17, 15) is 4.79 Å². The molecule has 0 fully saturated rings. The van der Waals surface area contributed by atoms with Crippen molar-refractivity contribution < 1.29 is 4.79 Å². The average Bonchev–Trinajstić information content (AvgIpc) is 2.65. The second-order valence-electron chi connectivity index (χ2n) is 5.62. The van der Waals surface area contributed by atoms with E-state index in [1.165, 1.54) is 5.56 Å². The normalized spacial score (nSPS) is 14.4. The van der Waals surface area contributed by atoms with Gasteiger partial charge in [0, 0.05) is 24.7 Å². The molecule has 2 rings (SSSR count). The summed E-state index contributed by atoms with van der Waals surface area (Å²) >= 11 is 0. The minimum Gasteiger partial charge on any atom is -0.315 e. The van der Waals surface area contributed by atoms with E-state index in [2.05, 4.69) is 37.4 Å². The first kappa shape index (κ1) is 13.6. The zero-order valence-electron chi connectivity index (χ0n) is 11.7. The molecule has 1 aromatic rings. The van der Waals surface area contributed by atoms with Crippen LogP contribution in [-0.4, -0.2) is 26.0 Å². The second-order valence-corrected chi connectivity index (χ2v) is 5.62. The highest BCUT2D eigenvalue weighted by molar-refractivity contribution is 6.00. The number of rotatable bonds is 4. The van der Waals surface area contributed by atoms with Crippen LogP contribution in [0.1, 0.15) is 25.0 Å². The summed E-state index contributed by atoms with van der Waals surface area (Å²) in [5, 5.41) is 11.7. The number of anilines is 1. The lowest BCUT2D eigenvalue weighted by atomic mass is 9.83. The summed E-state index contributed by atoms with van der Waals surface area (Å²) in [7, 11) is 1.81. The minimum atomic E-state index is -0.0594. The summed E-state index contributed by atoms with van der Waals surface area (Å²) in [5.41, 5.74) is 3.24. The molecule has 1 N–H and O–H groups in total. The maximum Gasteiger partial charge on any atom is 0.231 e. The van der Waals surface area contributed by atoms with Crippen molar-refractivity contribution in [2.24, 2.45) is 0 Å². The molecule has 1 aromatic carbocycles. The molecule has 0 aromatic heterocycles. The summed E-state index contributed by atoms with van der Waals surface area (Å²) in [6, 6.07) is 8.29. The van der Waals surface area contributed by atoms with Crippen molar-refractivity contribution in [1.82, 2.24) is 5.32 Å². The number of likely N-dealkylation sites (N-methyl/N-ethyl adjacent to an activating group) is 1. The molecule has 0 radical (unpaired) electrons. The molecule has 100 valence electrons. The fourth-order valence-electron chi connectivity index (χ4n) is 2.42. The molecule has 0 atom stereocenters. The van der Waals surface area contributed by atoms with Crippen LogP contribution >= 0.6 is 0 Å². The Kier molecular flexibility index (Phi) is 3.59. The molecule has 1 heterocycles. The predicted octanol–water partition coefficient (Wildman–Crippen LogP) is 1.60. The number of hydrogen-bond acceptors (Lipinski definition) is 3. The molecule has 0 saturated heterocycles. The number of nitrogens with zero attached hydrogens (tertiary/aromatic N) is 2. The van der Waals surface area contributed by atoms with Gasteiger partial charge in [-0.15, -0.1) is 0 Å². The molecule has 0 bridgehead atoms. The van der Waals surface area contributed by atoms with Crippen LogP contribution < -0.4 is 10.2 Å². The van der Waals surface area contributed by atoms with Crippen molar-refractivity contribution in [2.75, 3.05) is 25.0 Å². The zero-order chi connectivity index (χ0) is 14.0. The number of nitrogens with one attached hydrogen (secondary N) is 1. The smallest absolute Gasteiger partial charge is 0.231 e. The van der Waals surface area contributed by atoms with Crippen molar-refractivity contribution in [3.8, 4) is 6.07 Å². The number of benzene rings is 1. The van der Waals surface area contributed by atoms with Gasteiger partial charge in [0.25, 0.3) is 0 Å². The lowest BCUT2D eigenvalue weighted by Crippen LogP contribution is -2.33. The van der Waals surface area contributed by atoms with Crippen LogP contribution in [0.5, 0.6) is 0 Å². The van der Waals surface area contributed by atoms with E-state index in [1.807, 2.05) is 13.1 Å². The van der Waals surface area contributed by atoms with E-state index in [-0.39, 0.29) is 11.3 Å². The highest BCUT2D eigenvalue weighted by Gasteiger charge is 2.27. The number of nitriles is 1. The molecule has 1 amide bonds. The fraction of sp³-hybridized carbons (Fsp3) is 0.467. The third-order valence-electron chi connectivity index (χ3n) is 3.71. The van der Waals surface area contributed by atoms with Gasteiger partial charge >= 0.3 is 0 Å². The zero-order valence-corrected chi connectivity index (χ0v) is 11.7. The highest BCUT2D eigenvalue weighted by Crippen LogP contribution is 2.32. The van der Waals surface area contributed by atoms with Crippen LogP contribution in [0.4, 0.5) is 5.69 Å². The third kappa shape index (κ3) is 2.61. The Balaban J connectivity index is 2.21. The Bertz CT molecular complexity index is 543. The van der Waals surface area contributed by atoms with Crippen LogP contribution in [0.25, 0.3) is 0 Å². The molecule has 19 heavy (non-hydrogen) atoms. The van der Waals surface area contributed by atoms with E-state index in [4.69, 9.17) is 5.26 Å². The maximum absolute atomic E-state index is 11.7. The van der Waals surface area contributed by atoms with Crippen molar-refractivity contribution in [2.45, 2.75) is 25.7 Å². The molecule has 0 unspecified atom stereocenters. The molecule has 0 aliphatic carbocycles. The van der Waals surface area contributed by atoms with Crippen LogP contribution in [0.15, 0.2) is 18.2 Å². The topological polar surface area (TPSA) is 56.1 Å². The van der Waals surface area contributed by atoms with Gasteiger partial charge in [-0.1, -0.05) is 26.0 Å². The first-order valence-electron chi connectivity index (χ1n) is 6.43. The van der Waals surface area contributed by atoms with Crippen molar-refractivity contribution >= 4 is 11.6 Å². The summed E-state index contributed by atoms with van der Waals surface area (Å²) in [6.07, 6.45) is 0.487. The standard InChI is InChI=1S/C15H19N3O/c1-15(2,10-17-7-6-16)12-4-5-13-11(8-12)9-14(19)18(13)3/h4-5,8,17H,7,9-10H2,1-3H3. The lowest BCUT2D eigenvalue weighted by molar-refractivity contribution is -0.117. The van der Waals surface area contributed by atoms with Crippen molar-refractivity contribution in [3.63, 3.8) is 0 Å². The number of carbonyl (C=O) groups excluding carboxylic acids is 1. The van der Waals surface area contributed by atoms with Crippen LogP contribution in [-0.2, 0) is 16.6 Å². The minimum absolute atomic E-state index is 0.0594. The lowest BCUT2D eigenvalue weighted by Gasteiger charge is -2.26. The molecular formula is C15H19N3O. The number of amides is 1. The average molecular weight is 257 g/mol. The molecule has 1 aliphatic heterocycles. The van der Waals surface area contributed by atoms with Gasteiger partial charge in [0.1, 0.15) is 0 Å². The molecular weight excluding hydrogens is 238 g/mol. The number of fused-ring (bicyclic) bond motifs is 1. The monoisotopic (exact) mass is 257 g/mol. The van der Waals surface area contributed by atoms with Gasteiger partial charge in [0.05, 0.1) is 19.0 Å². The second kappa shape index (κ2) is 5.02. The summed E-state index contributed by atoms with van der Waals surface area (Å²) < 4.78 is 0. The van der Waals surface area contributed by atoms with Gasteiger partial charge in [-0.2, -0.15) is 5.26 Å². The van der Waals surface area contributed by atoms with E-state index >= 15 is 0 Å². The number of carbonyl (C=O) groups is 1. The summed E-state index contributed by atoms with van der Waals surface area (Å²) in [6.45, 7) is 5.37. The molecule has 0 saturated carbocycles. The summed E-state index contributed by atoms with van der Waals surface area (Å²) in [5.74, 6) is 0.146. The summed E-state index contributed by atoms with van der Waals surface area (Å²) in [4.78, 5) is 13.4. The van der Waals surface area contributed by atoms with Gasteiger partial charge in [0.2, 0.25) is 5.91 Å². The molecule has 4 heteroatoms. The van der Waals surface area contributed by atoms with Gasteiger partial charge in [-0.25, -0.2) is 0 Å². The Labute approximate surface area is 114 Å². The molecule has 0 spiro atoms. The largest absolute Gasteiger partial charge is 0.315 e. The Morgan fingerprint density at radius 2 is 2.21 bits per heavy atom. The van der Waals surface area contributed by atoms with E-state index in [0.717, 1.165) is 17.8 Å². The third-order valence-corrected chi connectivity index (χ3v) is 3.71. The van der Waals surface area contributed by atoms with E-state index in [0.29, 0.717) is 13.0 Å². The van der Waals surface area contributed by atoms with Crippen molar-refractivity contribution in [1.29, 1.82) is 5.26 Å². The van der Waals surface area contributed by atoms with E-state index in [1.54, 1.807) is 4.90 Å².